The number of thioether (sulfide) groups is 1. The van der Waals surface area contributed by atoms with Gasteiger partial charge in [0.1, 0.15) is 10.6 Å². The molecule has 2 aromatic rings. The van der Waals surface area contributed by atoms with E-state index in [1.165, 1.54) is 28.8 Å². The second kappa shape index (κ2) is 6.62. The summed E-state index contributed by atoms with van der Waals surface area (Å²) in [7, 11) is -0.562. The zero-order valence-electron chi connectivity index (χ0n) is 13.4. The van der Waals surface area contributed by atoms with Gasteiger partial charge in [0.05, 0.1) is 6.04 Å². The maximum absolute atomic E-state index is 12.6. The van der Waals surface area contributed by atoms with Crippen molar-refractivity contribution >= 4 is 27.7 Å². The molecule has 0 spiro atoms. The van der Waals surface area contributed by atoms with Crippen LogP contribution in [0.3, 0.4) is 0 Å². The molecule has 6 nitrogen and oxygen atoms in total. The Morgan fingerprint density at radius 2 is 2.08 bits per heavy atom. The van der Waals surface area contributed by atoms with Crippen molar-refractivity contribution in [2.24, 2.45) is 7.05 Å². The highest BCUT2D eigenvalue weighted by molar-refractivity contribution is 7.99. The first-order valence-electron chi connectivity index (χ1n) is 7.55. The number of benzene rings is 1. The van der Waals surface area contributed by atoms with Crippen LogP contribution < -0.4 is 10.0 Å². The Morgan fingerprint density at radius 3 is 2.83 bits per heavy atom. The predicted octanol–water partition coefficient (Wildman–Crippen LogP) is 1.90. The third-order valence-corrected chi connectivity index (χ3v) is 6.56. The minimum atomic E-state index is -3.57. The van der Waals surface area contributed by atoms with E-state index in [1.807, 2.05) is 18.2 Å². The quantitative estimate of drug-likeness (QED) is 0.867. The molecule has 0 bridgehead atoms. The molecular weight excluding hydrogens is 346 g/mol. The van der Waals surface area contributed by atoms with Crippen LogP contribution >= 0.6 is 11.8 Å². The van der Waals surface area contributed by atoms with Gasteiger partial charge in [-0.1, -0.05) is 18.2 Å². The van der Waals surface area contributed by atoms with Crippen LogP contribution in [-0.4, -0.2) is 31.7 Å². The largest absolute Gasteiger partial charge is 0.345 e. The van der Waals surface area contributed by atoms with Crippen molar-refractivity contribution in [1.29, 1.82) is 0 Å². The maximum atomic E-state index is 12.6. The van der Waals surface area contributed by atoms with Crippen LogP contribution in [0.1, 0.15) is 28.5 Å². The SMILES string of the molecule is CNS(=O)(=O)c1cc(C(=O)N[C@H]2CCSc3ccccc32)n(C)c1. The van der Waals surface area contributed by atoms with Gasteiger partial charge in [-0.3, -0.25) is 4.79 Å². The van der Waals surface area contributed by atoms with Gasteiger partial charge in [-0.15, -0.1) is 11.8 Å². The number of nitrogens with one attached hydrogen (secondary N) is 2. The average Bonchev–Trinajstić information content (AvgIpc) is 2.98. The van der Waals surface area contributed by atoms with Crippen molar-refractivity contribution in [1.82, 2.24) is 14.6 Å². The number of nitrogens with zero attached hydrogens (tertiary/aromatic N) is 1. The lowest BCUT2D eigenvalue weighted by Crippen LogP contribution is -2.31. The molecule has 2 heterocycles. The Bertz CT molecular complexity index is 874. The normalized spacial score (nSPS) is 17.3. The summed E-state index contributed by atoms with van der Waals surface area (Å²) in [5.74, 6) is 0.663. The Labute approximate surface area is 145 Å². The molecule has 1 aliphatic heterocycles. The van der Waals surface area contributed by atoms with Crippen molar-refractivity contribution in [2.75, 3.05) is 12.8 Å². The molecule has 24 heavy (non-hydrogen) atoms. The number of hydrogen-bond acceptors (Lipinski definition) is 4. The van der Waals surface area contributed by atoms with Gasteiger partial charge in [0.2, 0.25) is 10.0 Å². The summed E-state index contributed by atoms with van der Waals surface area (Å²) < 4.78 is 27.6. The van der Waals surface area contributed by atoms with Gasteiger partial charge in [0.15, 0.2) is 0 Å². The fourth-order valence-electron chi connectivity index (χ4n) is 2.75. The standard InChI is InChI=1S/C16H19N3O3S2/c1-17-24(21,22)11-9-14(19(2)10-11)16(20)18-13-7-8-23-15-6-4-3-5-12(13)15/h3-6,9-10,13,17H,7-8H2,1-2H3,(H,18,20)/t13-/m0/s1. The Kier molecular flexibility index (Phi) is 4.71. The van der Waals surface area contributed by atoms with E-state index in [-0.39, 0.29) is 16.8 Å². The Morgan fingerprint density at radius 1 is 1.33 bits per heavy atom. The van der Waals surface area contributed by atoms with E-state index >= 15 is 0 Å². The van der Waals surface area contributed by atoms with Gasteiger partial charge in [0.25, 0.3) is 5.91 Å². The van der Waals surface area contributed by atoms with Crippen LogP contribution in [0, 0.1) is 0 Å². The molecule has 3 rings (SSSR count). The molecule has 2 N–H and O–H groups in total. The van der Waals surface area contributed by atoms with Crippen molar-refractivity contribution in [3.63, 3.8) is 0 Å². The first kappa shape index (κ1) is 17.1. The number of carbonyl (C=O) groups is 1. The van der Waals surface area contributed by atoms with Crippen LogP contribution in [0.15, 0.2) is 46.3 Å². The molecule has 1 aromatic heterocycles. The zero-order valence-corrected chi connectivity index (χ0v) is 15.1. The highest BCUT2D eigenvalue weighted by Gasteiger charge is 2.25. The minimum Gasteiger partial charge on any atom is -0.345 e. The average molecular weight is 365 g/mol. The van der Waals surface area contributed by atoms with Crippen molar-refractivity contribution in [2.45, 2.75) is 22.3 Å². The molecule has 0 fully saturated rings. The van der Waals surface area contributed by atoms with Gasteiger partial charge in [-0.2, -0.15) is 0 Å². The van der Waals surface area contributed by atoms with E-state index in [9.17, 15) is 13.2 Å². The molecule has 8 heteroatoms. The molecule has 0 saturated carbocycles. The number of rotatable bonds is 4. The fraction of sp³-hybridized carbons (Fsp3) is 0.312. The molecule has 0 unspecified atom stereocenters. The van der Waals surface area contributed by atoms with Crippen molar-refractivity contribution < 1.29 is 13.2 Å². The summed E-state index contributed by atoms with van der Waals surface area (Å²) >= 11 is 1.78. The van der Waals surface area contributed by atoms with E-state index in [1.54, 1.807) is 18.8 Å². The summed E-state index contributed by atoms with van der Waals surface area (Å²) in [6, 6.07) is 9.36. The van der Waals surface area contributed by atoms with E-state index in [0.717, 1.165) is 17.7 Å². The summed E-state index contributed by atoms with van der Waals surface area (Å²) in [5, 5.41) is 3.03. The van der Waals surface area contributed by atoms with Gasteiger partial charge >= 0.3 is 0 Å². The zero-order chi connectivity index (χ0) is 17.3. The van der Waals surface area contributed by atoms with Crippen molar-refractivity contribution in [3.05, 3.63) is 47.8 Å². The molecule has 1 amide bonds. The molecule has 0 radical (unpaired) electrons. The number of fused-ring (bicyclic) bond motifs is 1. The van der Waals surface area contributed by atoms with Crippen LogP contribution in [-0.2, 0) is 17.1 Å². The summed E-state index contributed by atoms with van der Waals surface area (Å²) in [4.78, 5) is 13.9. The number of hydrogen-bond donors (Lipinski definition) is 2. The molecular formula is C16H19N3O3S2. The Balaban J connectivity index is 1.84. The number of aryl methyl sites for hydroxylation is 1. The first-order valence-corrected chi connectivity index (χ1v) is 10.0. The number of amides is 1. The second-order valence-corrected chi connectivity index (χ2v) is 8.60. The lowest BCUT2D eigenvalue weighted by atomic mass is 10.0. The predicted molar refractivity (Wildman–Crippen MR) is 93.6 cm³/mol. The van der Waals surface area contributed by atoms with Crippen LogP contribution in [0.4, 0.5) is 0 Å². The van der Waals surface area contributed by atoms with Crippen LogP contribution in [0.25, 0.3) is 0 Å². The van der Waals surface area contributed by atoms with E-state index in [0.29, 0.717) is 5.69 Å². The third-order valence-electron chi connectivity index (χ3n) is 4.06. The molecule has 1 aliphatic rings. The third kappa shape index (κ3) is 3.22. The molecule has 128 valence electrons. The molecule has 1 aromatic carbocycles. The van der Waals surface area contributed by atoms with Crippen LogP contribution in [0.5, 0.6) is 0 Å². The Hall–Kier alpha value is -1.77. The van der Waals surface area contributed by atoms with Crippen molar-refractivity contribution in [3.8, 4) is 0 Å². The van der Waals surface area contributed by atoms with Gasteiger partial charge in [0, 0.05) is 23.9 Å². The van der Waals surface area contributed by atoms with E-state index in [2.05, 4.69) is 16.1 Å². The summed E-state index contributed by atoms with van der Waals surface area (Å²) in [5.41, 5.74) is 1.43. The lowest BCUT2D eigenvalue weighted by molar-refractivity contribution is 0.0926. The topological polar surface area (TPSA) is 80.2 Å². The monoisotopic (exact) mass is 365 g/mol. The first-order chi connectivity index (χ1) is 11.4. The summed E-state index contributed by atoms with van der Waals surface area (Å²) in [6.07, 6.45) is 2.28. The smallest absolute Gasteiger partial charge is 0.268 e. The number of carbonyl (C=O) groups excluding carboxylic acids is 1. The van der Waals surface area contributed by atoms with E-state index < -0.39 is 10.0 Å². The highest BCUT2D eigenvalue weighted by Crippen LogP contribution is 2.35. The van der Waals surface area contributed by atoms with Crippen LogP contribution in [0.2, 0.25) is 0 Å². The number of sulfonamides is 1. The number of aromatic nitrogens is 1. The summed E-state index contributed by atoms with van der Waals surface area (Å²) in [6.45, 7) is 0. The highest BCUT2D eigenvalue weighted by atomic mass is 32.2. The molecule has 1 atom stereocenters. The van der Waals surface area contributed by atoms with Gasteiger partial charge in [-0.05, 0) is 31.2 Å². The van der Waals surface area contributed by atoms with E-state index in [4.69, 9.17) is 0 Å². The molecule has 0 aliphatic carbocycles. The minimum absolute atomic E-state index is 0.0609. The lowest BCUT2D eigenvalue weighted by Gasteiger charge is -2.25. The van der Waals surface area contributed by atoms with Gasteiger partial charge < -0.3 is 9.88 Å². The maximum Gasteiger partial charge on any atom is 0.268 e. The van der Waals surface area contributed by atoms with Gasteiger partial charge in [-0.25, -0.2) is 13.1 Å². The molecule has 0 saturated heterocycles. The second-order valence-electron chi connectivity index (χ2n) is 5.58. The fourth-order valence-corrected chi connectivity index (χ4v) is 4.67.